The van der Waals surface area contributed by atoms with Crippen molar-refractivity contribution in [1.82, 2.24) is 5.32 Å². The largest absolute Gasteiger partial charge is 0.486 e. The molecule has 0 bridgehead atoms. The number of methoxy groups -OCH3 is 1. The minimum absolute atomic E-state index is 0.00446. The van der Waals surface area contributed by atoms with Crippen LogP contribution in [0.4, 0.5) is 14.9 Å². The molecule has 11 heteroatoms. The number of nitrogens with one attached hydrogen (secondary N) is 2. The molecule has 33 heavy (non-hydrogen) atoms. The van der Waals surface area contributed by atoms with Crippen molar-refractivity contribution >= 4 is 45.0 Å². The van der Waals surface area contributed by atoms with Crippen LogP contribution in [0.25, 0.3) is 10.1 Å². The highest BCUT2D eigenvalue weighted by Crippen LogP contribution is 2.34. The van der Waals surface area contributed by atoms with E-state index in [0.29, 0.717) is 40.7 Å². The molecule has 1 aromatic heterocycles. The Balaban J connectivity index is 1.35. The number of halogens is 1. The molecule has 4 rings (SSSR count). The van der Waals surface area contributed by atoms with E-state index in [4.69, 9.17) is 18.9 Å². The number of fused-ring (bicyclic) bond motifs is 2. The number of hydrogen-bond acceptors (Lipinski definition) is 8. The van der Waals surface area contributed by atoms with Crippen LogP contribution in [0.2, 0.25) is 0 Å². The molecule has 2 heterocycles. The Kier molecular flexibility index (Phi) is 6.71. The lowest BCUT2D eigenvalue weighted by Gasteiger charge is -2.19. The second-order valence-electron chi connectivity index (χ2n) is 6.89. The fourth-order valence-corrected chi connectivity index (χ4v) is 4.37. The van der Waals surface area contributed by atoms with Crippen LogP contribution in [0.5, 0.6) is 11.5 Å². The second-order valence-corrected chi connectivity index (χ2v) is 7.94. The summed E-state index contributed by atoms with van der Waals surface area (Å²) < 4.78 is 35.8. The van der Waals surface area contributed by atoms with E-state index in [0.717, 1.165) is 11.3 Å². The van der Waals surface area contributed by atoms with Crippen LogP contribution in [-0.4, -0.2) is 44.8 Å². The topological polar surface area (TPSA) is 112 Å². The van der Waals surface area contributed by atoms with Gasteiger partial charge < -0.3 is 24.3 Å². The molecular weight excluding hydrogens is 455 g/mol. The highest BCUT2D eigenvalue weighted by atomic mass is 32.1. The zero-order chi connectivity index (χ0) is 23.4. The maximum Gasteiger partial charge on any atom is 0.349 e. The number of benzene rings is 2. The summed E-state index contributed by atoms with van der Waals surface area (Å²) in [4.78, 5) is 36.8. The van der Waals surface area contributed by atoms with Gasteiger partial charge in [-0.2, -0.15) is 0 Å². The Morgan fingerprint density at radius 2 is 1.91 bits per heavy atom. The fourth-order valence-electron chi connectivity index (χ4n) is 3.26. The van der Waals surface area contributed by atoms with Crippen molar-refractivity contribution in [2.45, 2.75) is 6.61 Å². The number of imide groups is 1. The molecule has 0 fully saturated rings. The maximum absolute atomic E-state index is 14.3. The normalized spacial score (nSPS) is 12.3. The van der Waals surface area contributed by atoms with Gasteiger partial charge in [-0.25, -0.2) is 14.0 Å². The number of carbonyl (C=O) groups is 3. The number of hydrogen-bond donors (Lipinski definition) is 2. The van der Waals surface area contributed by atoms with Crippen LogP contribution in [0.15, 0.2) is 36.4 Å². The molecule has 0 saturated heterocycles. The van der Waals surface area contributed by atoms with E-state index < -0.39 is 30.3 Å². The van der Waals surface area contributed by atoms with Gasteiger partial charge in [0.2, 0.25) is 0 Å². The predicted octanol–water partition coefficient (Wildman–Crippen LogP) is 3.46. The third kappa shape index (κ3) is 5.04. The van der Waals surface area contributed by atoms with E-state index in [-0.39, 0.29) is 16.9 Å². The van der Waals surface area contributed by atoms with E-state index in [1.807, 2.05) is 0 Å². The van der Waals surface area contributed by atoms with Crippen molar-refractivity contribution < 1.29 is 37.7 Å². The van der Waals surface area contributed by atoms with Crippen molar-refractivity contribution in [2.24, 2.45) is 0 Å². The average molecular weight is 474 g/mol. The van der Waals surface area contributed by atoms with Gasteiger partial charge in [-0.3, -0.25) is 10.1 Å². The maximum atomic E-state index is 14.3. The second kappa shape index (κ2) is 9.84. The number of thiophene rings is 1. The Morgan fingerprint density at radius 1 is 1.12 bits per heavy atom. The summed E-state index contributed by atoms with van der Waals surface area (Å²) >= 11 is 1.04. The molecule has 0 unspecified atom stereocenters. The smallest absolute Gasteiger partial charge is 0.349 e. The number of carbonyl (C=O) groups excluding carboxylic acids is 3. The number of ether oxygens (including phenoxy) is 4. The Morgan fingerprint density at radius 3 is 2.70 bits per heavy atom. The zero-order valence-electron chi connectivity index (χ0n) is 17.4. The lowest BCUT2D eigenvalue weighted by Crippen LogP contribution is -2.37. The zero-order valence-corrected chi connectivity index (χ0v) is 18.3. The molecular formula is C22H19FN2O7S. The number of esters is 1. The standard InChI is InChI=1S/C22H19FN2O7S/c1-29-10-13-19-14(23)3-2-4-17(19)33-20(13)21(27)32-11-18(26)25-22(28)24-12-5-6-15-16(9-12)31-8-7-30-15/h2-6,9H,7-8,10-11H2,1H3,(H2,24,25,26,28). The van der Waals surface area contributed by atoms with Gasteiger partial charge >= 0.3 is 12.0 Å². The van der Waals surface area contributed by atoms with E-state index in [1.165, 1.54) is 19.2 Å². The third-order valence-corrected chi connectivity index (χ3v) is 5.80. The van der Waals surface area contributed by atoms with Crippen LogP contribution in [0.3, 0.4) is 0 Å². The summed E-state index contributed by atoms with van der Waals surface area (Å²) in [6.07, 6.45) is 0. The quantitative estimate of drug-likeness (QED) is 0.526. The minimum atomic E-state index is -0.834. The molecule has 0 aliphatic carbocycles. The summed E-state index contributed by atoms with van der Waals surface area (Å²) in [7, 11) is 1.42. The van der Waals surface area contributed by atoms with Crippen molar-refractivity contribution in [3.8, 4) is 11.5 Å². The number of anilines is 1. The van der Waals surface area contributed by atoms with Crippen molar-refractivity contribution in [3.63, 3.8) is 0 Å². The molecule has 1 aliphatic rings. The summed E-state index contributed by atoms with van der Waals surface area (Å²) in [6.45, 7) is 0.133. The summed E-state index contributed by atoms with van der Waals surface area (Å²) in [5.74, 6) is -1.09. The van der Waals surface area contributed by atoms with Gasteiger partial charge in [0.25, 0.3) is 5.91 Å². The Bertz CT molecular complexity index is 1230. The van der Waals surface area contributed by atoms with Gasteiger partial charge in [0.1, 0.15) is 23.9 Å². The van der Waals surface area contributed by atoms with Gasteiger partial charge in [0.05, 0.1) is 6.61 Å². The summed E-state index contributed by atoms with van der Waals surface area (Å²) in [5.41, 5.74) is 0.732. The fraction of sp³-hybridized carbons (Fsp3) is 0.227. The molecule has 0 saturated carbocycles. The molecule has 3 amide bonds. The van der Waals surface area contributed by atoms with E-state index >= 15 is 0 Å². The van der Waals surface area contributed by atoms with Gasteiger partial charge in [-0.05, 0) is 24.3 Å². The number of amides is 3. The molecule has 9 nitrogen and oxygen atoms in total. The lowest BCUT2D eigenvalue weighted by molar-refractivity contribution is -0.123. The Labute approximate surface area is 191 Å². The van der Waals surface area contributed by atoms with Gasteiger partial charge in [0, 0.05) is 34.5 Å². The van der Waals surface area contributed by atoms with E-state index in [9.17, 15) is 18.8 Å². The van der Waals surface area contributed by atoms with E-state index in [1.54, 1.807) is 24.3 Å². The number of rotatable bonds is 6. The summed E-state index contributed by atoms with van der Waals surface area (Å²) in [6, 6.07) is 8.49. The molecule has 0 radical (unpaired) electrons. The van der Waals surface area contributed by atoms with Crippen LogP contribution in [0, 0.1) is 5.82 Å². The van der Waals surface area contributed by atoms with Crippen LogP contribution >= 0.6 is 11.3 Å². The van der Waals surface area contributed by atoms with Gasteiger partial charge in [0.15, 0.2) is 18.1 Å². The molecule has 172 valence electrons. The molecule has 3 aromatic rings. The first kappa shape index (κ1) is 22.5. The van der Waals surface area contributed by atoms with Gasteiger partial charge in [-0.1, -0.05) is 6.07 Å². The lowest BCUT2D eigenvalue weighted by atomic mass is 10.1. The first-order chi connectivity index (χ1) is 16.0. The first-order valence-corrected chi connectivity index (χ1v) is 10.6. The molecule has 0 spiro atoms. The van der Waals surface area contributed by atoms with Crippen molar-refractivity contribution in [1.29, 1.82) is 0 Å². The highest BCUT2D eigenvalue weighted by molar-refractivity contribution is 7.21. The minimum Gasteiger partial charge on any atom is -0.486 e. The highest BCUT2D eigenvalue weighted by Gasteiger charge is 2.23. The van der Waals surface area contributed by atoms with Crippen LogP contribution in [-0.2, 0) is 20.9 Å². The van der Waals surface area contributed by atoms with Crippen LogP contribution in [0.1, 0.15) is 15.2 Å². The number of urea groups is 1. The monoisotopic (exact) mass is 474 g/mol. The van der Waals surface area contributed by atoms with E-state index in [2.05, 4.69) is 10.6 Å². The third-order valence-electron chi connectivity index (χ3n) is 4.62. The predicted molar refractivity (Wildman–Crippen MR) is 117 cm³/mol. The van der Waals surface area contributed by atoms with Crippen LogP contribution < -0.4 is 20.1 Å². The molecule has 1 aliphatic heterocycles. The summed E-state index contributed by atoms with van der Waals surface area (Å²) in [5, 5.41) is 4.84. The Hall–Kier alpha value is -3.70. The molecule has 2 N–H and O–H groups in total. The molecule has 2 aromatic carbocycles. The van der Waals surface area contributed by atoms with Crippen molar-refractivity contribution in [3.05, 3.63) is 52.7 Å². The average Bonchev–Trinajstić information content (AvgIpc) is 3.17. The molecule has 0 atom stereocenters. The van der Waals surface area contributed by atoms with Gasteiger partial charge in [-0.15, -0.1) is 11.3 Å². The van der Waals surface area contributed by atoms with Crippen molar-refractivity contribution in [2.75, 3.05) is 32.2 Å². The SMILES string of the molecule is COCc1c(C(=O)OCC(=O)NC(=O)Nc2ccc3c(c2)OCCO3)sc2cccc(F)c12. The first-order valence-electron chi connectivity index (χ1n) is 9.82.